The van der Waals surface area contributed by atoms with Gasteiger partial charge in [-0.1, -0.05) is 17.8 Å². The molecule has 118 valence electrons. The average Bonchev–Trinajstić information content (AvgIpc) is 3.16. The fourth-order valence-corrected chi connectivity index (χ4v) is 3.70. The van der Waals surface area contributed by atoms with Gasteiger partial charge in [-0.2, -0.15) is 5.10 Å². The second-order valence-electron chi connectivity index (χ2n) is 4.35. The summed E-state index contributed by atoms with van der Waals surface area (Å²) in [6, 6.07) is 5.23. The summed E-state index contributed by atoms with van der Waals surface area (Å²) in [5, 5.41) is 27.6. The number of thiophene rings is 1. The fourth-order valence-electron chi connectivity index (χ4n) is 1.90. The summed E-state index contributed by atoms with van der Waals surface area (Å²) in [5.74, 6) is -2.19. The lowest BCUT2D eigenvalue weighted by Gasteiger charge is -2.09. The minimum Gasteiger partial charge on any atom is -0.507 e. The molecule has 0 saturated carbocycles. The molecule has 3 aromatic rings. The van der Waals surface area contributed by atoms with E-state index in [2.05, 4.69) is 15.4 Å². The van der Waals surface area contributed by atoms with Crippen LogP contribution >= 0.6 is 23.1 Å². The highest BCUT2D eigenvalue weighted by atomic mass is 32.2. The molecular weight excluding hydrogens is 340 g/mol. The molecule has 3 aromatic heterocycles. The average molecular weight is 350 g/mol. The molecule has 3 N–H and O–H groups in total. The monoisotopic (exact) mass is 350 g/mol. The number of amides is 1. The number of carbonyl (C=O) groups is 2. The summed E-state index contributed by atoms with van der Waals surface area (Å²) in [6.07, 6.45) is 1.27. The molecule has 0 aromatic carbocycles. The van der Waals surface area contributed by atoms with Crippen LogP contribution in [0.4, 0.5) is 0 Å². The van der Waals surface area contributed by atoms with Crippen molar-refractivity contribution >= 4 is 40.6 Å². The molecule has 0 atom stereocenters. The number of nitrogens with zero attached hydrogens (tertiary/aromatic N) is 3. The number of pyridine rings is 1. The van der Waals surface area contributed by atoms with Gasteiger partial charge in [0.05, 0.1) is 4.21 Å². The van der Waals surface area contributed by atoms with Gasteiger partial charge in [0.15, 0.2) is 5.65 Å². The van der Waals surface area contributed by atoms with Gasteiger partial charge < -0.3 is 15.5 Å². The number of aromatic hydroxyl groups is 1. The molecule has 1 amide bonds. The summed E-state index contributed by atoms with van der Waals surface area (Å²) in [6.45, 7) is -0.551. The van der Waals surface area contributed by atoms with Crippen molar-refractivity contribution in [2.24, 2.45) is 0 Å². The first-order valence-electron chi connectivity index (χ1n) is 6.33. The molecule has 0 aliphatic heterocycles. The Kier molecular flexibility index (Phi) is 4.17. The fraction of sp³-hybridized carbons (Fsp3) is 0.0769. The van der Waals surface area contributed by atoms with Crippen LogP contribution in [-0.2, 0) is 4.79 Å². The van der Waals surface area contributed by atoms with E-state index in [0.717, 1.165) is 4.21 Å². The number of hydrogen-bond donors (Lipinski definition) is 3. The molecule has 0 bridgehead atoms. The second-order valence-corrected chi connectivity index (χ2v) is 6.62. The van der Waals surface area contributed by atoms with Gasteiger partial charge in [0, 0.05) is 6.07 Å². The lowest BCUT2D eigenvalue weighted by molar-refractivity contribution is -0.135. The predicted molar refractivity (Wildman–Crippen MR) is 83.1 cm³/mol. The number of carboxylic acid groups (broad SMARTS) is 1. The van der Waals surface area contributed by atoms with Gasteiger partial charge in [-0.25, -0.2) is 9.50 Å². The number of rotatable bonds is 5. The SMILES string of the molecule is O=C(O)CNC(=O)c1c(O)cc(Sc2cccs2)n2ncnc12. The third kappa shape index (κ3) is 3.12. The van der Waals surface area contributed by atoms with Crippen molar-refractivity contribution in [3.8, 4) is 5.75 Å². The minimum absolute atomic E-state index is 0.112. The Morgan fingerprint density at radius 1 is 1.43 bits per heavy atom. The number of carbonyl (C=O) groups excluding carboxylic acids is 1. The molecule has 0 saturated heterocycles. The predicted octanol–water partition coefficient (Wildman–Crippen LogP) is 1.46. The normalized spacial score (nSPS) is 10.8. The van der Waals surface area contributed by atoms with Crippen molar-refractivity contribution in [1.29, 1.82) is 0 Å². The first-order chi connectivity index (χ1) is 11.1. The summed E-state index contributed by atoms with van der Waals surface area (Å²) >= 11 is 2.91. The van der Waals surface area contributed by atoms with Crippen molar-refractivity contribution in [3.63, 3.8) is 0 Å². The first-order valence-corrected chi connectivity index (χ1v) is 8.03. The highest BCUT2D eigenvalue weighted by Gasteiger charge is 2.21. The van der Waals surface area contributed by atoms with Crippen LogP contribution in [0.1, 0.15) is 10.4 Å². The zero-order chi connectivity index (χ0) is 16.4. The number of aliphatic carboxylic acids is 1. The maximum atomic E-state index is 12.1. The largest absolute Gasteiger partial charge is 0.507 e. The maximum Gasteiger partial charge on any atom is 0.322 e. The van der Waals surface area contributed by atoms with Gasteiger partial charge in [-0.15, -0.1) is 11.3 Å². The summed E-state index contributed by atoms with van der Waals surface area (Å²) in [4.78, 5) is 26.6. The number of hydrogen-bond acceptors (Lipinski definition) is 7. The number of aromatic nitrogens is 3. The molecule has 0 unspecified atom stereocenters. The van der Waals surface area contributed by atoms with Crippen LogP contribution in [0.3, 0.4) is 0 Å². The molecule has 0 spiro atoms. The van der Waals surface area contributed by atoms with E-state index in [1.54, 1.807) is 0 Å². The topological polar surface area (TPSA) is 117 Å². The van der Waals surface area contributed by atoms with Gasteiger partial charge in [0.2, 0.25) is 0 Å². The van der Waals surface area contributed by atoms with Crippen LogP contribution in [0.15, 0.2) is 39.1 Å². The van der Waals surface area contributed by atoms with E-state index in [4.69, 9.17) is 5.11 Å². The minimum atomic E-state index is -1.18. The second kappa shape index (κ2) is 6.26. The van der Waals surface area contributed by atoms with Gasteiger partial charge in [0.25, 0.3) is 5.91 Å². The van der Waals surface area contributed by atoms with Crippen molar-refractivity contribution < 1.29 is 19.8 Å². The number of nitrogens with one attached hydrogen (secondary N) is 1. The molecule has 0 aliphatic rings. The van der Waals surface area contributed by atoms with E-state index in [1.165, 1.54) is 40.0 Å². The Morgan fingerprint density at radius 2 is 2.26 bits per heavy atom. The first kappa shape index (κ1) is 15.3. The van der Waals surface area contributed by atoms with Gasteiger partial charge in [-0.3, -0.25) is 9.59 Å². The van der Waals surface area contributed by atoms with Crippen LogP contribution in [0.5, 0.6) is 5.75 Å². The Morgan fingerprint density at radius 3 is 2.96 bits per heavy atom. The summed E-state index contributed by atoms with van der Waals surface area (Å²) in [7, 11) is 0. The van der Waals surface area contributed by atoms with E-state index in [-0.39, 0.29) is 17.0 Å². The van der Waals surface area contributed by atoms with Crippen LogP contribution in [0, 0.1) is 0 Å². The van der Waals surface area contributed by atoms with Crippen LogP contribution in [0.2, 0.25) is 0 Å². The van der Waals surface area contributed by atoms with Crippen molar-refractivity contribution in [1.82, 2.24) is 19.9 Å². The van der Waals surface area contributed by atoms with Gasteiger partial charge >= 0.3 is 5.97 Å². The Bertz CT molecular complexity index is 876. The van der Waals surface area contributed by atoms with E-state index in [0.29, 0.717) is 5.03 Å². The third-order valence-corrected chi connectivity index (χ3v) is 4.86. The Labute approximate surface area is 137 Å². The van der Waals surface area contributed by atoms with E-state index in [9.17, 15) is 14.7 Å². The maximum absolute atomic E-state index is 12.1. The lowest BCUT2D eigenvalue weighted by atomic mass is 10.2. The lowest BCUT2D eigenvalue weighted by Crippen LogP contribution is -2.29. The molecule has 0 aliphatic carbocycles. The molecule has 10 heteroatoms. The Hall–Kier alpha value is -2.59. The molecule has 0 radical (unpaired) electrons. The molecule has 8 nitrogen and oxygen atoms in total. The molecular formula is C13H10N4O4S2. The van der Waals surface area contributed by atoms with Gasteiger partial charge in [0.1, 0.15) is 29.2 Å². The quantitative estimate of drug-likeness (QED) is 0.638. The standard InChI is InChI=1S/C13H10N4O4S2/c18-7-4-8(23-10-2-1-3-22-10)17-12(15-6-16-17)11(7)13(21)14-5-9(19)20/h1-4,6,18H,5H2,(H,14,21)(H,19,20). The smallest absolute Gasteiger partial charge is 0.322 e. The molecule has 0 fully saturated rings. The van der Waals surface area contributed by atoms with Crippen molar-refractivity contribution in [2.75, 3.05) is 6.54 Å². The number of fused-ring (bicyclic) bond motifs is 1. The van der Waals surface area contributed by atoms with Crippen molar-refractivity contribution in [3.05, 3.63) is 35.5 Å². The molecule has 23 heavy (non-hydrogen) atoms. The summed E-state index contributed by atoms with van der Waals surface area (Å²) < 4.78 is 2.42. The Balaban J connectivity index is 2.01. The molecule has 3 rings (SSSR count). The zero-order valence-corrected chi connectivity index (χ0v) is 13.1. The molecule has 3 heterocycles. The third-order valence-electron chi connectivity index (χ3n) is 2.82. The van der Waals surface area contributed by atoms with E-state index < -0.39 is 18.4 Å². The van der Waals surface area contributed by atoms with Crippen LogP contribution < -0.4 is 5.32 Å². The summed E-state index contributed by atoms with van der Waals surface area (Å²) in [5.41, 5.74) is 0.0474. The number of carboxylic acids is 1. The van der Waals surface area contributed by atoms with Crippen LogP contribution in [-0.4, -0.2) is 43.2 Å². The highest BCUT2D eigenvalue weighted by molar-refractivity contribution is 8.01. The zero-order valence-electron chi connectivity index (χ0n) is 11.5. The van der Waals surface area contributed by atoms with Gasteiger partial charge in [-0.05, 0) is 11.4 Å². The van der Waals surface area contributed by atoms with E-state index >= 15 is 0 Å². The highest BCUT2D eigenvalue weighted by Crippen LogP contribution is 2.35. The van der Waals surface area contributed by atoms with E-state index in [1.807, 2.05) is 17.5 Å². The van der Waals surface area contributed by atoms with Crippen LogP contribution in [0.25, 0.3) is 5.65 Å². The van der Waals surface area contributed by atoms with Crippen molar-refractivity contribution in [2.45, 2.75) is 9.24 Å².